The Hall–Kier alpha value is -1.09. The van der Waals surface area contributed by atoms with Crippen molar-refractivity contribution in [3.8, 4) is 5.75 Å². The van der Waals surface area contributed by atoms with Crippen LogP contribution in [-0.4, -0.2) is 11.2 Å². The van der Waals surface area contributed by atoms with Gasteiger partial charge < -0.3 is 9.84 Å². The molecule has 1 N–H and O–H groups in total. The van der Waals surface area contributed by atoms with E-state index in [1.165, 1.54) is 12.1 Å². The predicted molar refractivity (Wildman–Crippen MR) is 62.0 cm³/mol. The van der Waals surface area contributed by atoms with Crippen LogP contribution >= 0.6 is 0 Å². The van der Waals surface area contributed by atoms with Crippen LogP contribution in [0.3, 0.4) is 0 Å². The topological polar surface area (TPSA) is 29.5 Å². The van der Waals surface area contributed by atoms with Gasteiger partial charge in [-0.15, -0.1) is 0 Å². The van der Waals surface area contributed by atoms with E-state index in [0.29, 0.717) is 11.3 Å². The van der Waals surface area contributed by atoms with Gasteiger partial charge in [-0.2, -0.15) is 0 Å². The fourth-order valence-electron chi connectivity index (χ4n) is 1.64. The molecule has 1 aromatic rings. The highest BCUT2D eigenvalue weighted by molar-refractivity contribution is 5.35. The lowest BCUT2D eigenvalue weighted by Crippen LogP contribution is -2.13. The summed E-state index contributed by atoms with van der Waals surface area (Å²) in [5, 5.41) is 9.53. The molecule has 3 heteroatoms. The van der Waals surface area contributed by atoms with Crippen molar-refractivity contribution in [3.05, 3.63) is 29.6 Å². The number of benzene rings is 1. The number of hydrogen-bond donors (Lipinski definition) is 1. The molecule has 16 heavy (non-hydrogen) atoms. The molecule has 0 heterocycles. The van der Waals surface area contributed by atoms with Gasteiger partial charge in [-0.3, -0.25) is 0 Å². The van der Waals surface area contributed by atoms with Crippen molar-refractivity contribution < 1.29 is 14.2 Å². The number of rotatable bonds is 5. The normalized spacial score (nSPS) is 14.6. The zero-order valence-electron chi connectivity index (χ0n) is 10.0. The molecular formula is C13H19FO2. The van der Waals surface area contributed by atoms with E-state index in [1.807, 2.05) is 6.92 Å². The lowest BCUT2D eigenvalue weighted by molar-refractivity contribution is 0.173. The summed E-state index contributed by atoms with van der Waals surface area (Å²) in [6.45, 7) is 5.66. The van der Waals surface area contributed by atoms with E-state index < -0.39 is 6.10 Å². The van der Waals surface area contributed by atoms with E-state index >= 15 is 0 Å². The first kappa shape index (κ1) is 13.0. The third-order valence-corrected chi connectivity index (χ3v) is 2.45. The molecule has 0 fully saturated rings. The van der Waals surface area contributed by atoms with Crippen molar-refractivity contribution in [3.63, 3.8) is 0 Å². The highest BCUT2D eigenvalue weighted by Crippen LogP contribution is 2.27. The lowest BCUT2D eigenvalue weighted by Gasteiger charge is -2.18. The molecule has 1 aromatic carbocycles. The molecule has 2 atom stereocenters. The maximum Gasteiger partial charge on any atom is 0.125 e. The largest absolute Gasteiger partial charge is 0.490 e. The van der Waals surface area contributed by atoms with Crippen LogP contribution in [0.25, 0.3) is 0 Å². The molecule has 90 valence electrons. The summed E-state index contributed by atoms with van der Waals surface area (Å²) in [7, 11) is 0. The van der Waals surface area contributed by atoms with E-state index in [-0.39, 0.29) is 11.9 Å². The van der Waals surface area contributed by atoms with E-state index in [9.17, 15) is 9.50 Å². The van der Waals surface area contributed by atoms with Crippen LogP contribution < -0.4 is 4.74 Å². The first-order valence-electron chi connectivity index (χ1n) is 5.68. The Balaban J connectivity index is 2.86. The van der Waals surface area contributed by atoms with Crippen LogP contribution in [0, 0.1) is 5.82 Å². The summed E-state index contributed by atoms with van der Waals surface area (Å²) in [4.78, 5) is 0. The minimum absolute atomic E-state index is 0.0768. The first-order valence-corrected chi connectivity index (χ1v) is 5.68. The predicted octanol–water partition coefficient (Wildman–Crippen LogP) is 3.45. The molecule has 1 rings (SSSR count). The minimum Gasteiger partial charge on any atom is -0.490 e. The zero-order valence-corrected chi connectivity index (χ0v) is 10.0. The van der Waals surface area contributed by atoms with Crippen LogP contribution in [-0.2, 0) is 0 Å². The van der Waals surface area contributed by atoms with Crippen molar-refractivity contribution in [2.75, 3.05) is 0 Å². The summed E-state index contributed by atoms with van der Waals surface area (Å²) in [6.07, 6.45) is 1.33. The Bertz CT molecular complexity index is 337. The average molecular weight is 226 g/mol. The van der Waals surface area contributed by atoms with Gasteiger partial charge in [-0.05, 0) is 38.5 Å². The Morgan fingerprint density at radius 3 is 2.62 bits per heavy atom. The second-order valence-electron chi connectivity index (χ2n) is 4.08. The lowest BCUT2D eigenvalue weighted by atomic mass is 10.1. The van der Waals surface area contributed by atoms with Crippen molar-refractivity contribution in [1.29, 1.82) is 0 Å². The van der Waals surface area contributed by atoms with Gasteiger partial charge in [0.1, 0.15) is 11.6 Å². The highest BCUT2D eigenvalue weighted by Gasteiger charge is 2.12. The second kappa shape index (κ2) is 5.85. The van der Waals surface area contributed by atoms with Gasteiger partial charge in [0, 0.05) is 5.56 Å². The summed E-state index contributed by atoms with van der Waals surface area (Å²) in [6, 6.07) is 4.24. The van der Waals surface area contributed by atoms with Gasteiger partial charge in [-0.1, -0.05) is 13.3 Å². The monoisotopic (exact) mass is 226 g/mol. The summed E-state index contributed by atoms with van der Waals surface area (Å²) in [5.74, 6) is 0.212. The maximum absolute atomic E-state index is 13.0. The Morgan fingerprint density at radius 2 is 2.06 bits per heavy atom. The summed E-state index contributed by atoms with van der Waals surface area (Å²) < 4.78 is 18.7. The van der Waals surface area contributed by atoms with E-state index in [0.717, 1.165) is 12.8 Å². The third-order valence-electron chi connectivity index (χ3n) is 2.45. The molecule has 0 saturated heterocycles. The smallest absolute Gasteiger partial charge is 0.125 e. The van der Waals surface area contributed by atoms with Gasteiger partial charge in [0.2, 0.25) is 0 Å². The van der Waals surface area contributed by atoms with Crippen molar-refractivity contribution in [2.45, 2.75) is 45.8 Å². The molecule has 1 unspecified atom stereocenters. The van der Waals surface area contributed by atoms with Gasteiger partial charge in [0.05, 0.1) is 12.2 Å². The number of ether oxygens (including phenoxy) is 1. The minimum atomic E-state index is -0.723. The molecule has 2 nitrogen and oxygen atoms in total. The molecular weight excluding hydrogens is 207 g/mol. The highest BCUT2D eigenvalue weighted by atomic mass is 19.1. The number of aliphatic hydroxyl groups is 1. The van der Waals surface area contributed by atoms with Crippen LogP contribution in [0.1, 0.15) is 45.3 Å². The zero-order chi connectivity index (χ0) is 12.1. The van der Waals surface area contributed by atoms with Crippen LogP contribution in [0.2, 0.25) is 0 Å². The molecule has 0 spiro atoms. The van der Waals surface area contributed by atoms with Crippen LogP contribution in [0.4, 0.5) is 4.39 Å². The van der Waals surface area contributed by atoms with Gasteiger partial charge >= 0.3 is 0 Å². The SMILES string of the molecule is CCCC(C)Oc1ccc(F)cc1[C@@H](C)O. The Labute approximate surface area is 96.1 Å². The molecule has 0 amide bonds. The average Bonchev–Trinajstić information content (AvgIpc) is 2.20. The Kier molecular flexibility index (Phi) is 4.74. The van der Waals surface area contributed by atoms with Crippen molar-refractivity contribution in [2.24, 2.45) is 0 Å². The molecule has 0 bridgehead atoms. The van der Waals surface area contributed by atoms with E-state index in [2.05, 4.69) is 6.92 Å². The summed E-state index contributed by atoms with van der Waals surface area (Å²) >= 11 is 0. The summed E-state index contributed by atoms with van der Waals surface area (Å²) in [5.41, 5.74) is 0.503. The second-order valence-corrected chi connectivity index (χ2v) is 4.08. The van der Waals surface area contributed by atoms with Gasteiger partial charge in [0.25, 0.3) is 0 Å². The number of aliphatic hydroxyl groups excluding tert-OH is 1. The number of halogens is 1. The standard InChI is InChI=1S/C13H19FO2/c1-4-5-9(2)16-13-7-6-11(14)8-12(13)10(3)15/h6-10,15H,4-5H2,1-3H3/t9?,10-/m1/s1. The van der Waals surface area contributed by atoms with Crippen molar-refractivity contribution >= 4 is 0 Å². The molecule has 0 radical (unpaired) electrons. The fraction of sp³-hybridized carbons (Fsp3) is 0.538. The van der Waals surface area contributed by atoms with E-state index in [4.69, 9.17) is 4.74 Å². The quantitative estimate of drug-likeness (QED) is 0.833. The number of hydrogen-bond acceptors (Lipinski definition) is 2. The van der Waals surface area contributed by atoms with E-state index in [1.54, 1.807) is 13.0 Å². The molecule has 0 aliphatic heterocycles. The molecule has 0 aliphatic carbocycles. The van der Waals surface area contributed by atoms with Crippen LogP contribution in [0.15, 0.2) is 18.2 Å². The first-order chi connectivity index (χ1) is 7.54. The van der Waals surface area contributed by atoms with Crippen molar-refractivity contribution in [1.82, 2.24) is 0 Å². The third kappa shape index (κ3) is 3.49. The molecule has 0 saturated carbocycles. The molecule has 0 aliphatic rings. The van der Waals surface area contributed by atoms with Gasteiger partial charge in [0.15, 0.2) is 0 Å². The van der Waals surface area contributed by atoms with Crippen LogP contribution in [0.5, 0.6) is 5.75 Å². The molecule has 0 aromatic heterocycles. The maximum atomic E-state index is 13.0. The van der Waals surface area contributed by atoms with Gasteiger partial charge in [-0.25, -0.2) is 4.39 Å². The Morgan fingerprint density at radius 1 is 1.38 bits per heavy atom. The fourth-order valence-corrected chi connectivity index (χ4v) is 1.64.